The van der Waals surface area contributed by atoms with E-state index in [9.17, 15) is 19.6 Å². The van der Waals surface area contributed by atoms with Crippen LogP contribution in [0.3, 0.4) is 0 Å². The molecule has 5 rings (SSSR count). The molecule has 196 valence electrons. The smallest absolute Gasteiger partial charge is 0.407 e. The summed E-state index contributed by atoms with van der Waals surface area (Å²) in [5.41, 5.74) is 6.04. The number of thiazole rings is 1. The fraction of sp³-hybridized carbons (Fsp3) is 0.393. The molecule has 38 heavy (non-hydrogen) atoms. The number of anilines is 1. The zero-order valence-electron chi connectivity index (χ0n) is 21.6. The molecule has 1 unspecified atom stereocenters. The number of likely N-dealkylation sites (N-methyl/N-ethyl adjacent to an activating group) is 1. The second kappa shape index (κ2) is 10.5. The molecule has 1 N–H and O–H groups in total. The Labute approximate surface area is 225 Å². The summed E-state index contributed by atoms with van der Waals surface area (Å²) < 4.78 is 13.5. The van der Waals surface area contributed by atoms with E-state index < -0.39 is 6.09 Å². The van der Waals surface area contributed by atoms with Crippen LogP contribution in [0.2, 0.25) is 0 Å². The summed E-state index contributed by atoms with van der Waals surface area (Å²) in [6.45, 7) is 7.75. The summed E-state index contributed by atoms with van der Waals surface area (Å²) in [4.78, 5) is 30.3. The number of halogens is 1. The molecular formula is C28H29FN6O2S. The lowest BCUT2D eigenvalue weighted by Crippen LogP contribution is -2.38. The summed E-state index contributed by atoms with van der Waals surface area (Å²) in [6, 6.07) is 8.20. The molecule has 3 aliphatic heterocycles. The Morgan fingerprint density at radius 3 is 2.58 bits per heavy atom. The normalized spacial score (nSPS) is 19.5. The molecule has 0 aliphatic carbocycles. The molecule has 1 atom stereocenters. The van der Waals surface area contributed by atoms with Gasteiger partial charge in [-0.25, -0.2) is 14.2 Å². The van der Waals surface area contributed by atoms with E-state index in [2.05, 4.69) is 24.0 Å². The van der Waals surface area contributed by atoms with Crippen molar-refractivity contribution in [1.82, 2.24) is 9.88 Å². The lowest BCUT2D eigenvalue weighted by atomic mass is 9.89. The van der Waals surface area contributed by atoms with Gasteiger partial charge in [0.2, 0.25) is 0 Å². The highest BCUT2D eigenvalue weighted by molar-refractivity contribution is 7.16. The number of nitriles is 1. The molecule has 1 fully saturated rings. The molecule has 4 heterocycles. The molecule has 2 aromatic rings. The van der Waals surface area contributed by atoms with Crippen LogP contribution in [0.1, 0.15) is 44.9 Å². The third kappa shape index (κ3) is 4.63. The van der Waals surface area contributed by atoms with E-state index in [0.717, 1.165) is 47.7 Å². The van der Waals surface area contributed by atoms with Crippen LogP contribution >= 0.6 is 11.3 Å². The third-order valence-electron chi connectivity index (χ3n) is 7.31. The summed E-state index contributed by atoms with van der Waals surface area (Å²) >= 11 is 1.32. The standard InChI is InChI=1S/C28H29FN6O2S/c1-4-21-22(35(5-2)27-33-26(23(15-30)38-27)17-6-8-19(29)9-7-17)14-20-24(32-21)16(3)31-25(20)18-10-12-34(13-11-18)28(36)37/h6-9,14,18,21H,4-5,10-13H2,1-3H3,(H,36,37). The van der Waals surface area contributed by atoms with E-state index in [-0.39, 0.29) is 17.8 Å². The van der Waals surface area contributed by atoms with Crippen molar-refractivity contribution in [2.24, 2.45) is 15.9 Å². The van der Waals surface area contributed by atoms with Gasteiger partial charge in [-0.15, -0.1) is 0 Å². The Morgan fingerprint density at radius 1 is 1.26 bits per heavy atom. The maximum atomic E-state index is 13.5. The number of hydrogen-bond donors (Lipinski definition) is 1. The molecule has 0 saturated carbocycles. The maximum Gasteiger partial charge on any atom is 0.407 e. The van der Waals surface area contributed by atoms with Gasteiger partial charge < -0.3 is 14.9 Å². The number of likely N-dealkylation sites (tertiary alicyclic amines) is 1. The van der Waals surface area contributed by atoms with Crippen molar-refractivity contribution in [3.05, 3.63) is 58.0 Å². The summed E-state index contributed by atoms with van der Waals surface area (Å²) in [6.07, 6.45) is 3.54. The quantitative estimate of drug-likeness (QED) is 0.500. The Kier molecular flexibility index (Phi) is 7.13. The summed E-state index contributed by atoms with van der Waals surface area (Å²) in [7, 11) is 0. The van der Waals surface area contributed by atoms with Gasteiger partial charge in [0.1, 0.15) is 22.5 Å². The number of fused-ring (bicyclic) bond motifs is 1. The van der Waals surface area contributed by atoms with Crippen molar-refractivity contribution in [3.8, 4) is 17.3 Å². The molecule has 1 amide bonds. The lowest BCUT2D eigenvalue weighted by molar-refractivity contribution is 0.128. The van der Waals surface area contributed by atoms with E-state index in [1.807, 2.05) is 13.8 Å². The van der Waals surface area contributed by atoms with E-state index >= 15 is 0 Å². The average Bonchev–Trinajstić information content (AvgIpc) is 3.50. The first-order chi connectivity index (χ1) is 18.3. The first-order valence-corrected chi connectivity index (χ1v) is 13.7. The first-order valence-electron chi connectivity index (χ1n) is 12.9. The molecule has 3 aliphatic rings. The molecule has 10 heteroatoms. The van der Waals surface area contributed by atoms with Gasteiger partial charge in [-0.3, -0.25) is 9.98 Å². The van der Waals surface area contributed by atoms with E-state index in [4.69, 9.17) is 15.0 Å². The van der Waals surface area contributed by atoms with Crippen molar-refractivity contribution >= 4 is 34.0 Å². The van der Waals surface area contributed by atoms with Crippen molar-refractivity contribution in [2.75, 3.05) is 24.5 Å². The zero-order valence-corrected chi connectivity index (χ0v) is 22.4. The molecule has 0 bridgehead atoms. The predicted octanol–water partition coefficient (Wildman–Crippen LogP) is 5.88. The van der Waals surface area contributed by atoms with Gasteiger partial charge in [0.15, 0.2) is 5.13 Å². The monoisotopic (exact) mass is 532 g/mol. The SMILES string of the molecule is CCC1N=C2C(C)=NC(C3CCN(C(=O)O)CC3)=C2C=C1N(CC)c1nc(-c2ccc(F)cc2)c(C#N)s1. The fourth-order valence-corrected chi connectivity index (χ4v) is 6.30. The van der Waals surface area contributed by atoms with Gasteiger partial charge in [-0.1, -0.05) is 18.3 Å². The van der Waals surface area contributed by atoms with Gasteiger partial charge in [0, 0.05) is 42.4 Å². The highest BCUT2D eigenvalue weighted by Crippen LogP contribution is 2.40. The summed E-state index contributed by atoms with van der Waals surface area (Å²) in [5.74, 6) is -0.166. The van der Waals surface area contributed by atoms with Crippen molar-refractivity contribution in [1.29, 1.82) is 5.26 Å². The van der Waals surface area contributed by atoms with Crippen LogP contribution in [0, 0.1) is 23.1 Å². The minimum absolute atomic E-state index is 0.0873. The fourth-order valence-electron chi connectivity index (χ4n) is 5.33. The number of benzene rings is 1. The number of rotatable bonds is 6. The molecule has 0 spiro atoms. The Morgan fingerprint density at radius 2 is 1.97 bits per heavy atom. The number of dihydropyridines is 1. The Bertz CT molecular complexity index is 1420. The highest BCUT2D eigenvalue weighted by Gasteiger charge is 2.35. The van der Waals surface area contributed by atoms with Crippen molar-refractivity contribution in [2.45, 2.75) is 46.1 Å². The molecule has 8 nitrogen and oxygen atoms in total. The van der Waals surface area contributed by atoms with Crippen molar-refractivity contribution in [3.63, 3.8) is 0 Å². The van der Waals surface area contributed by atoms with E-state index in [1.165, 1.54) is 28.4 Å². The highest BCUT2D eigenvalue weighted by atomic mass is 32.1. The molecule has 1 aromatic carbocycles. The largest absolute Gasteiger partial charge is 0.465 e. The van der Waals surface area contributed by atoms with Crippen molar-refractivity contribution < 1.29 is 14.3 Å². The van der Waals surface area contributed by atoms with Gasteiger partial charge >= 0.3 is 6.09 Å². The van der Waals surface area contributed by atoms with Crippen LogP contribution in [0.25, 0.3) is 11.3 Å². The summed E-state index contributed by atoms with van der Waals surface area (Å²) in [5, 5.41) is 19.9. The lowest BCUT2D eigenvalue weighted by Gasteiger charge is -2.32. The molecule has 1 aromatic heterocycles. The van der Waals surface area contributed by atoms with Crippen LogP contribution < -0.4 is 4.90 Å². The first kappa shape index (κ1) is 25.8. The van der Waals surface area contributed by atoms with Crippen LogP contribution in [0.5, 0.6) is 0 Å². The van der Waals surface area contributed by atoms with Gasteiger partial charge in [-0.05, 0) is 63.5 Å². The van der Waals surface area contributed by atoms with Gasteiger partial charge in [0.05, 0.1) is 23.2 Å². The number of hydrogen-bond acceptors (Lipinski definition) is 7. The van der Waals surface area contributed by atoms with Crippen LogP contribution in [0.4, 0.5) is 14.3 Å². The van der Waals surface area contributed by atoms with E-state index in [0.29, 0.717) is 40.9 Å². The number of piperidine rings is 1. The number of allylic oxidation sites excluding steroid dienone is 3. The van der Waals surface area contributed by atoms with Crippen LogP contribution in [-0.2, 0) is 0 Å². The van der Waals surface area contributed by atoms with Gasteiger partial charge in [0.25, 0.3) is 0 Å². The number of aliphatic imine (C=N–C) groups is 2. The molecular weight excluding hydrogens is 503 g/mol. The molecule has 0 radical (unpaired) electrons. The maximum absolute atomic E-state index is 13.5. The van der Waals surface area contributed by atoms with Gasteiger partial charge in [-0.2, -0.15) is 5.26 Å². The zero-order chi connectivity index (χ0) is 27.0. The Balaban J connectivity index is 1.52. The second-order valence-electron chi connectivity index (χ2n) is 9.55. The Hall–Kier alpha value is -3.84. The average molecular weight is 533 g/mol. The topological polar surface area (TPSA) is 105 Å². The minimum Gasteiger partial charge on any atom is -0.465 e. The third-order valence-corrected chi connectivity index (χ3v) is 8.30. The number of nitrogens with zero attached hydrogens (tertiary/aromatic N) is 6. The minimum atomic E-state index is -0.876. The second-order valence-corrected chi connectivity index (χ2v) is 10.5. The number of carboxylic acid groups (broad SMARTS) is 1. The molecule has 1 saturated heterocycles. The number of amides is 1. The number of aromatic nitrogens is 1. The number of carbonyl (C=O) groups is 1. The van der Waals surface area contributed by atoms with E-state index in [1.54, 1.807) is 12.1 Å². The van der Waals surface area contributed by atoms with Crippen LogP contribution in [0.15, 0.2) is 57.3 Å². The van der Waals surface area contributed by atoms with Crippen LogP contribution in [-0.4, -0.2) is 58.2 Å². The predicted molar refractivity (Wildman–Crippen MR) is 147 cm³/mol.